The van der Waals surface area contributed by atoms with Crippen molar-refractivity contribution in [1.29, 1.82) is 0 Å². The molecule has 2 aromatic rings. The van der Waals surface area contributed by atoms with Crippen LogP contribution in [-0.4, -0.2) is 33.1 Å². The highest BCUT2D eigenvalue weighted by molar-refractivity contribution is 5.79. The van der Waals surface area contributed by atoms with Crippen LogP contribution in [0.4, 0.5) is 0 Å². The highest BCUT2D eigenvalue weighted by atomic mass is 16.6. The maximum atomic E-state index is 6.07. The van der Waals surface area contributed by atoms with E-state index >= 15 is 0 Å². The summed E-state index contributed by atoms with van der Waals surface area (Å²) >= 11 is 0. The van der Waals surface area contributed by atoms with Gasteiger partial charge in [-0.25, -0.2) is 0 Å². The molecule has 2 rings (SSSR count). The van der Waals surface area contributed by atoms with Crippen molar-refractivity contribution in [2.75, 3.05) is 26.9 Å². The molecule has 0 aromatic heterocycles. The van der Waals surface area contributed by atoms with E-state index in [2.05, 4.69) is 36.0 Å². The van der Waals surface area contributed by atoms with Crippen molar-refractivity contribution >= 4 is 6.21 Å². The lowest BCUT2D eigenvalue weighted by Crippen LogP contribution is -2.02. The third-order valence-corrected chi connectivity index (χ3v) is 5.26. The standard InChI is InChI=1S/C28H39NO4/c1-5-6-17-32-27-20-23(2)28(24(3)21-27)33-19-12-10-8-7-9-11-18-31-26-15-13-25(14-16-26)22-29-30-4/h5-6,13-16,20-22H,7-12,17-19H2,1-4H3/b6-5+,29-22+. The maximum absolute atomic E-state index is 6.07. The summed E-state index contributed by atoms with van der Waals surface area (Å²) in [6, 6.07) is 12.0. The summed E-state index contributed by atoms with van der Waals surface area (Å²) in [7, 11) is 1.53. The second kappa shape index (κ2) is 15.8. The van der Waals surface area contributed by atoms with E-state index in [0.717, 1.165) is 60.0 Å². The molecule has 0 aliphatic heterocycles. The lowest BCUT2D eigenvalue weighted by atomic mass is 10.1. The molecule has 2 aromatic carbocycles. The van der Waals surface area contributed by atoms with Crippen LogP contribution in [0.1, 0.15) is 62.1 Å². The van der Waals surface area contributed by atoms with Gasteiger partial charge in [-0.2, -0.15) is 0 Å². The predicted octanol–water partition coefficient (Wildman–Crippen LogP) is 7.04. The highest BCUT2D eigenvalue weighted by Crippen LogP contribution is 2.28. The van der Waals surface area contributed by atoms with Gasteiger partial charge in [0.25, 0.3) is 0 Å². The van der Waals surface area contributed by atoms with E-state index in [0.29, 0.717) is 6.61 Å². The van der Waals surface area contributed by atoms with Crippen molar-refractivity contribution in [1.82, 2.24) is 0 Å². The summed E-state index contributed by atoms with van der Waals surface area (Å²) in [6.45, 7) is 8.26. The summed E-state index contributed by atoms with van der Waals surface area (Å²) in [4.78, 5) is 4.68. The van der Waals surface area contributed by atoms with Crippen molar-refractivity contribution in [3.05, 3.63) is 65.2 Å². The molecule has 0 amide bonds. The van der Waals surface area contributed by atoms with E-state index in [1.165, 1.54) is 32.8 Å². The van der Waals surface area contributed by atoms with Crippen LogP contribution < -0.4 is 14.2 Å². The molecule has 33 heavy (non-hydrogen) atoms. The van der Waals surface area contributed by atoms with Crippen LogP contribution in [0, 0.1) is 13.8 Å². The number of oxime groups is 1. The van der Waals surface area contributed by atoms with Crippen LogP contribution in [0.5, 0.6) is 17.2 Å². The van der Waals surface area contributed by atoms with Gasteiger partial charge in [-0.3, -0.25) is 0 Å². The largest absolute Gasteiger partial charge is 0.494 e. The van der Waals surface area contributed by atoms with Gasteiger partial charge in [-0.1, -0.05) is 43.0 Å². The second-order valence-electron chi connectivity index (χ2n) is 8.07. The van der Waals surface area contributed by atoms with Gasteiger partial charge >= 0.3 is 0 Å². The molecule has 0 aliphatic carbocycles. The topological polar surface area (TPSA) is 49.3 Å². The molecular formula is C28H39NO4. The Hall–Kier alpha value is -2.95. The van der Waals surface area contributed by atoms with Crippen LogP contribution in [0.25, 0.3) is 0 Å². The minimum Gasteiger partial charge on any atom is -0.494 e. The van der Waals surface area contributed by atoms with Gasteiger partial charge in [0.15, 0.2) is 0 Å². The average molecular weight is 454 g/mol. The Bertz CT molecular complexity index is 836. The monoisotopic (exact) mass is 453 g/mol. The Labute approximate surface area is 199 Å². The lowest BCUT2D eigenvalue weighted by Gasteiger charge is -2.14. The number of hydrogen-bond donors (Lipinski definition) is 0. The fraction of sp³-hybridized carbons (Fsp3) is 0.464. The average Bonchev–Trinajstić information content (AvgIpc) is 2.81. The summed E-state index contributed by atoms with van der Waals surface area (Å²) in [5.74, 6) is 2.78. The van der Waals surface area contributed by atoms with E-state index in [1.54, 1.807) is 6.21 Å². The summed E-state index contributed by atoms with van der Waals surface area (Å²) in [5.41, 5.74) is 3.25. The molecule has 0 saturated heterocycles. The molecule has 0 bridgehead atoms. The Kier molecular flexibility index (Phi) is 12.6. The molecule has 0 spiro atoms. The van der Waals surface area contributed by atoms with Gasteiger partial charge in [-0.15, -0.1) is 0 Å². The minimum atomic E-state index is 0.597. The number of rotatable bonds is 16. The molecule has 0 unspecified atom stereocenters. The summed E-state index contributed by atoms with van der Waals surface area (Å²) < 4.78 is 17.6. The molecule has 5 heteroatoms. The van der Waals surface area contributed by atoms with E-state index in [-0.39, 0.29) is 0 Å². The zero-order chi connectivity index (χ0) is 23.7. The first-order valence-electron chi connectivity index (χ1n) is 11.9. The fourth-order valence-electron chi connectivity index (χ4n) is 3.50. The van der Waals surface area contributed by atoms with E-state index < -0.39 is 0 Å². The maximum Gasteiger partial charge on any atom is 0.125 e. The molecule has 5 nitrogen and oxygen atoms in total. The third kappa shape index (κ3) is 10.5. The molecule has 0 fully saturated rings. The van der Waals surface area contributed by atoms with Crippen LogP contribution in [0.2, 0.25) is 0 Å². The molecular weight excluding hydrogens is 414 g/mol. The zero-order valence-corrected chi connectivity index (χ0v) is 20.6. The number of nitrogens with zero attached hydrogens (tertiary/aromatic N) is 1. The van der Waals surface area contributed by atoms with E-state index in [1.807, 2.05) is 43.3 Å². The highest BCUT2D eigenvalue weighted by Gasteiger charge is 2.07. The van der Waals surface area contributed by atoms with Crippen molar-refractivity contribution in [3.63, 3.8) is 0 Å². The first-order valence-corrected chi connectivity index (χ1v) is 11.9. The van der Waals surface area contributed by atoms with Gasteiger partial charge < -0.3 is 19.0 Å². The van der Waals surface area contributed by atoms with Gasteiger partial charge in [0.1, 0.15) is 31.0 Å². The lowest BCUT2D eigenvalue weighted by molar-refractivity contribution is 0.215. The Morgan fingerprint density at radius 2 is 1.36 bits per heavy atom. The first-order chi connectivity index (χ1) is 16.1. The number of unbranched alkanes of at least 4 members (excludes halogenated alkanes) is 5. The van der Waals surface area contributed by atoms with Gasteiger partial charge in [0.2, 0.25) is 0 Å². The first kappa shape index (κ1) is 26.3. The molecule has 0 N–H and O–H groups in total. The Morgan fingerprint density at radius 3 is 1.97 bits per heavy atom. The zero-order valence-electron chi connectivity index (χ0n) is 20.6. The van der Waals surface area contributed by atoms with E-state index in [9.17, 15) is 0 Å². The molecule has 0 radical (unpaired) electrons. The Balaban J connectivity index is 1.53. The number of benzene rings is 2. The normalized spacial score (nSPS) is 11.3. The second-order valence-corrected chi connectivity index (χ2v) is 8.07. The molecule has 0 atom stereocenters. The molecule has 0 heterocycles. The number of allylic oxidation sites excluding steroid dienone is 1. The molecule has 0 saturated carbocycles. The molecule has 0 aliphatic rings. The third-order valence-electron chi connectivity index (χ3n) is 5.26. The number of hydrogen-bond acceptors (Lipinski definition) is 5. The smallest absolute Gasteiger partial charge is 0.125 e. The van der Waals surface area contributed by atoms with Crippen LogP contribution in [0.3, 0.4) is 0 Å². The number of ether oxygens (including phenoxy) is 3. The fourth-order valence-corrected chi connectivity index (χ4v) is 3.50. The minimum absolute atomic E-state index is 0.597. The number of aryl methyl sites for hydroxylation is 2. The summed E-state index contributed by atoms with van der Waals surface area (Å²) in [6.07, 6.45) is 12.7. The SMILES string of the molecule is C/C=C/COc1cc(C)c(OCCCCCCCCOc2ccc(/C=N/OC)cc2)c(C)c1. The van der Waals surface area contributed by atoms with Gasteiger partial charge in [-0.05, 0) is 86.7 Å². The van der Waals surface area contributed by atoms with Crippen LogP contribution in [-0.2, 0) is 4.84 Å². The van der Waals surface area contributed by atoms with Gasteiger partial charge in [0.05, 0.1) is 19.4 Å². The van der Waals surface area contributed by atoms with Crippen LogP contribution in [0.15, 0.2) is 53.7 Å². The van der Waals surface area contributed by atoms with Crippen molar-refractivity contribution < 1.29 is 19.0 Å². The summed E-state index contributed by atoms with van der Waals surface area (Å²) in [5, 5.41) is 3.75. The van der Waals surface area contributed by atoms with Gasteiger partial charge in [0, 0.05) is 0 Å². The van der Waals surface area contributed by atoms with E-state index in [4.69, 9.17) is 14.2 Å². The quantitative estimate of drug-likeness (QED) is 0.118. The van der Waals surface area contributed by atoms with Crippen LogP contribution >= 0.6 is 0 Å². The van der Waals surface area contributed by atoms with Crippen molar-refractivity contribution in [2.45, 2.75) is 59.3 Å². The Morgan fingerprint density at radius 1 is 0.758 bits per heavy atom. The van der Waals surface area contributed by atoms with Crippen molar-refractivity contribution in [2.24, 2.45) is 5.16 Å². The molecule has 180 valence electrons. The van der Waals surface area contributed by atoms with Crippen molar-refractivity contribution in [3.8, 4) is 17.2 Å². The predicted molar refractivity (Wildman–Crippen MR) is 136 cm³/mol.